The van der Waals surface area contributed by atoms with Crippen molar-refractivity contribution in [3.8, 4) is 17.0 Å². The van der Waals surface area contributed by atoms with Gasteiger partial charge in [-0.3, -0.25) is 14.4 Å². The van der Waals surface area contributed by atoms with Crippen LogP contribution in [0.2, 0.25) is 0 Å². The number of carbonyl (C=O) groups is 1. The van der Waals surface area contributed by atoms with Crippen molar-refractivity contribution in [3.63, 3.8) is 0 Å². The van der Waals surface area contributed by atoms with Crippen LogP contribution in [0, 0.1) is 0 Å². The Morgan fingerprint density at radius 3 is 2.51 bits per heavy atom. The summed E-state index contributed by atoms with van der Waals surface area (Å²) in [6.07, 6.45) is -1.92. The van der Waals surface area contributed by atoms with E-state index < -0.39 is 17.6 Å². The summed E-state index contributed by atoms with van der Waals surface area (Å²) in [5.41, 5.74) is 1.37. The number of aryl methyl sites for hydroxylation is 1. The largest absolute Gasteiger partial charge is 0.493 e. The minimum absolute atomic E-state index is 0.128. The molecule has 1 aromatic heterocycles. The summed E-state index contributed by atoms with van der Waals surface area (Å²) in [6, 6.07) is 11.2. The molecular weight excluding hydrogens is 461 g/mol. The first-order valence-corrected chi connectivity index (χ1v) is 11.4. The van der Waals surface area contributed by atoms with Crippen LogP contribution < -0.4 is 10.1 Å². The Labute approximate surface area is 201 Å². The average Bonchev–Trinajstić information content (AvgIpc) is 3.28. The van der Waals surface area contributed by atoms with Crippen molar-refractivity contribution in [1.29, 1.82) is 0 Å². The van der Waals surface area contributed by atoms with Crippen molar-refractivity contribution in [2.45, 2.75) is 12.6 Å². The highest BCUT2D eigenvalue weighted by Crippen LogP contribution is 2.33. The lowest BCUT2D eigenvalue weighted by molar-refractivity contribution is -0.137. The number of hydrogen-bond donors (Lipinski definition) is 1. The van der Waals surface area contributed by atoms with Crippen LogP contribution in [-0.2, 0) is 18.0 Å². The Morgan fingerprint density at radius 2 is 1.86 bits per heavy atom. The smallest absolute Gasteiger partial charge is 0.416 e. The van der Waals surface area contributed by atoms with Crippen molar-refractivity contribution in [1.82, 2.24) is 14.7 Å². The van der Waals surface area contributed by atoms with Gasteiger partial charge < -0.3 is 14.8 Å². The molecule has 1 amide bonds. The molecule has 2 aromatic carbocycles. The van der Waals surface area contributed by atoms with Gasteiger partial charge in [0.25, 0.3) is 5.91 Å². The topological polar surface area (TPSA) is 68.6 Å². The lowest BCUT2D eigenvalue weighted by Crippen LogP contribution is -2.37. The maximum absolute atomic E-state index is 12.8. The van der Waals surface area contributed by atoms with Gasteiger partial charge in [-0.1, -0.05) is 0 Å². The summed E-state index contributed by atoms with van der Waals surface area (Å²) in [7, 11) is 1.81. The Bertz CT molecular complexity index is 1140. The second-order valence-electron chi connectivity index (χ2n) is 8.24. The van der Waals surface area contributed by atoms with Crippen LogP contribution >= 0.6 is 0 Å². The highest BCUT2D eigenvalue weighted by molar-refractivity contribution is 6.04. The number of alkyl halides is 3. The van der Waals surface area contributed by atoms with Gasteiger partial charge in [0.15, 0.2) is 0 Å². The molecule has 0 bridgehead atoms. The van der Waals surface area contributed by atoms with Crippen LogP contribution in [0.3, 0.4) is 0 Å². The van der Waals surface area contributed by atoms with Crippen LogP contribution in [0.1, 0.15) is 22.3 Å². The van der Waals surface area contributed by atoms with E-state index in [2.05, 4.69) is 15.3 Å². The van der Waals surface area contributed by atoms with E-state index >= 15 is 0 Å². The summed E-state index contributed by atoms with van der Waals surface area (Å²) >= 11 is 0. The first-order chi connectivity index (χ1) is 16.8. The SMILES string of the molecule is Cn1nccc1-c1cc(NC(=O)c2ccc(C(F)(F)F)cc2)ccc1OCCCN1CCOCC1. The van der Waals surface area contributed by atoms with Crippen LogP contribution in [0.4, 0.5) is 18.9 Å². The molecule has 7 nitrogen and oxygen atoms in total. The van der Waals surface area contributed by atoms with Gasteiger partial charge in [-0.15, -0.1) is 0 Å². The molecule has 35 heavy (non-hydrogen) atoms. The number of rotatable bonds is 8. The molecule has 1 saturated heterocycles. The number of hydrogen-bond acceptors (Lipinski definition) is 5. The Hall–Kier alpha value is -3.37. The van der Waals surface area contributed by atoms with Gasteiger partial charge in [0.2, 0.25) is 0 Å². The number of aromatic nitrogens is 2. The lowest BCUT2D eigenvalue weighted by atomic mass is 10.1. The summed E-state index contributed by atoms with van der Waals surface area (Å²) in [4.78, 5) is 15.0. The normalized spacial score (nSPS) is 14.6. The zero-order chi connectivity index (χ0) is 24.8. The molecule has 1 aliphatic heterocycles. The number of ether oxygens (including phenoxy) is 2. The van der Waals surface area contributed by atoms with E-state index in [0.717, 1.165) is 74.8 Å². The van der Waals surface area contributed by atoms with Gasteiger partial charge in [-0.05, 0) is 55.0 Å². The standard InChI is InChI=1S/C25H27F3N4O3/c1-31-22(9-10-29-31)21-17-20(30-24(33)18-3-5-19(6-4-18)25(26,27)28)7-8-23(21)35-14-2-11-32-12-15-34-16-13-32/h3-10,17H,2,11-16H2,1H3,(H,30,33). The van der Waals surface area contributed by atoms with Gasteiger partial charge in [0.05, 0.1) is 31.1 Å². The Morgan fingerprint density at radius 1 is 1.11 bits per heavy atom. The molecule has 10 heteroatoms. The average molecular weight is 489 g/mol. The number of morpholine rings is 1. The third kappa shape index (κ3) is 6.40. The highest BCUT2D eigenvalue weighted by atomic mass is 19.4. The molecule has 1 fully saturated rings. The van der Waals surface area contributed by atoms with Crippen LogP contribution in [-0.4, -0.2) is 60.0 Å². The van der Waals surface area contributed by atoms with E-state index in [4.69, 9.17) is 9.47 Å². The Balaban J connectivity index is 1.45. The second-order valence-corrected chi connectivity index (χ2v) is 8.24. The summed E-state index contributed by atoms with van der Waals surface area (Å²) in [5.74, 6) is 0.150. The molecule has 186 valence electrons. The van der Waals surface area contributed by atoms with Crippen molar-refractivity contribution in [2.24, 2.45) is 7.05 Å². The van der Waals surface area contributed by atoms with Gasteiger partial charge in [-0.25, -0.2) is 0 Å². The molecule has 0 aliphatic carbocycles. The third-order valence-electron chi connectivity index (χ3n) is 5.79. The second kappa shape index (κ2) is 10.9. The van der Waals surface area contributed by atoms with Crippen molar-refractivity contribution in [2.75, 3.05) is 44.8 Å². The number of halogens is 3. The summed E-state index contributed by atoms with van der Waals surface area (Å²) < 4.78 is 51.5. The minimum Gasteiger partial charge on any atom is -0.493 e. The molecule has 3 aromatic rings. The van der Waals surface area contributed by atoms with Crippen molar-refractivity contribution in [3.05, 3.63) is 65.9 Å². The number of anilines is 1. The molecule has 0 unspecified atom stereocenters. The first kappa shape index (κ1) is 24.7. The summed E-state index contributed by atoms with van der Waals surface area (Å²) in [5, 5.41) is 6.97. The quantitative estimate of drug-likeness (QED) is 0.475. The fourth-order valence-electron chi connectivity index (χ4n) is 3.88. The van der Waals surface area contributed by atoms with E-state index in [-0.39, 0.29) is 5.56 Å². The number of carbonyl (C=O) groups excluding carboxylic acids is 1. The fraction of sp³-hybridized carbons (Fsp3) is 0.360. The van der Waals surface area contributed by atoms with Crippen molar-refractivity contribution < 1.29 is 27.4 Å². The summed E-state index contributed by atoms with van der Waals surface area (Å²) in [6.45, 7) is 4.81. The van der Waals surface area contributed by atoms with E-state index in [1.54, 1.807) is 29.1 Å². The van der Waals surface area contributed by atoms with Crippen LogP contribution in [0.25, 0.3) is 11.3 Å². The molecule has 2 heterocycles. The number of amides is 1. The molecular formula is C25H27F3N4O3. The monoisotopic (exact) mass is 488 g/mol. The predicted octanol–water partition coefficient (Wildman–Crippen LogP) is 4.46. The van der Waals surface area contributed by atoms with E-state index in [0.29, 0.717) is 18.0 Å². The molecule has 0 atom stereocenters. The molecule has 1 aliphatic rings. The van der Waals surface area contributed by atoms with Crippen LogP contribution in [0.5, 0.6) is 5.75 Å². The van der Waals surface area contributed by atoms with Crippen molar-refractivity contribution >= 4 is 11.6 Å². The van der Waals surface area contributed by atoms with E-state index in [1.165, 1.54) is 0 Å². The molecule has 0 saturated carbocycles. The Kier molecular flexibility index (Phi) is 7.72. The van der Waals surface area contributed by atoms with E-state index in [1.807, 2.05) is 13.1 Å². The number of benzene rings is 2. The van der Waals surface area contributed by atoms with E-state index in [9.17, 15) is 18.0 Å². The van der Waals surface area contributed by atoms with Gasteiger partial charge >= 0.3 is 6.18 Å². The van der Waals surface area contributed by atoms with Gasteiger partial charge in [-0.2, -0.15) is 18.3 Å². The fourth-order valence-corrected chi connectivity index (χ4v) is 3.88. The van der Waals surface area contributed by atoms with Gasteiger partial charge in [0.1, 0.15) is 5.75 Å². The molecule has 0 spiro atoms. The predicted molar refractivity (Wildman–Crippen MR) is 125 cm³/mol. The zero-order valence-corrected chi connectivity index (χ0v) is 19.3. The molecule has 1 N–H and O–H groups in total. The highest BCUT2D eigenvalue weighted by Gasteiger charge is 2.30. The van der Waals surface area contributed by atoms with Gasteiger partial charge in [0, 0.05) is 49.7 Å². The number of nitrogens with zero attached hydrogens (tertiary/aromatic N) is 3. The molecule has 4 rings (SSSR count). The number of nitrogens with one attached hydrogen (secondary N) is 1. The third-order valence-corrected chi connectivity index (χ3v) is 5.79. The lowest BCUT2D eigenvalue weighted by Gasteiger charge is -2.26. The van der Waals surface area contributed by atoms with Crippen LogP contribution in [0.15, 0.2) is 54.7 Å². The first-order valence-electron chi connectivity index (χ1n) is 11.4. The maximum atomic E-state index is 12.8. The minimum atomic E-state index is -4.45. The zero-order valence-electron chi connectivity index (χ0n) is 19.3. The molecule has 0 radical (unpaired) electrons. The maximum Gasteiger partial charge on any atom is 0.416 e.